The van der Waals surface area contributed by atoms with Crippen LogP contribution in [0.1, 0.15) is 56.1 Å². The standard InChI is InChI=1S/C27H34ClN3O2/c28-23-11-9-20(10-12-23)18-26(32)29-25-8-4-5-21(17-25)19-31-15-13-22(14-16-31)27(33)30-24-6-2-1-3-7-24/h4-5,8-12,17,22,24H,1-3,6-7,13-16,18-19H2,(H,29,32)(H,30,33). The van der Waals surface area contributed by atoms with Gasteiger partial charge in [0.25, 0.3) is 0 Å². The van der Waals surface area contributed by atoms with Crippen molar-refractivity contribution in [1.82, 2.24) is 10.2 Å². The highest BCUT2D eigenvalue weighted by Gasteiger charge is 2.27. The van der Waals surface area contributed by atoms with Gasteiger partial charge in [0, 0.05) is 29.2 Å². The first-order valence-corrected chi connectivity index (χ1v) is 12.6. The second-order valence-corrected chi connectivity index (χ2v) is 9.88. The van der Waals surface area contributed by atoms with Crippen LogP contribution < -0.4 is 10.6 Å². The lowest BCUT2D eigenvalue weighted by atomic mass is 9.92. The van der Waals surface area contributed by atoms with Crippen molar-refractivity contribution in [3.8, 4) is 0 Å². The highest BCUT2D eigenvalue weighted by molar-refractivity contribution is 6.30. The fourth-order valence-corrected chi connectivity index (χ4v) is 5.04. The minimum Gasteiger partial charge on any atom is -0.353 e. The molecule has 2 aromatic rings. The third kappa shape index (κ3) is 7.31. The van der Waals surface area contributed by atoms with E-state index in [0.29, 0.717) is 17.5 Å². The van der Waals surface area contributed by atoms with Crippen molar-refractivity contribution in [2.75, 3.05) is 18.4 Å². The number of carbonyl (C=O) groups is 2. The van der Waals surface area contributed by atoms with Gasteiger partial charge in [0.2, 0.25) is 11.8 Å². The highest BCUT2D eigenvalue weighted by atomic mass is 35.5. The maximum absolute atomic E-state index is 12.6. The van der Waals surface area contributed by atoms with E-state index in [2.05, 4.69) is 21.6 Å². The third-order valence-corrected chi connectivity index (χ3v) is 7.06. The molecule has 2 aliphatic rings. The summed E-state index contributed by atoms with van der Waals surface area (Å²) in [6.45, 7) is 2.68. The monoisotopic (exact) mass is 467 g/mol. The number of hydrogen-bond acceptors (Lipinski definition) is 3. The van der Waals surface area contributed by atoms with Gasteiger partial charge in [-0.3, -0.25) is 14.5 Å². The van der Waals surface area contributed by atoms with E-state index >= 15 is 0 Å². The first kappa shape index (κ1) is 23.8. The lowest BCUT2D eigenvalue weighted by molar-refractivity contribution is -0.127. The molecular formula is C27H34ClN3O2. The molecule has 0 spiro atoms. The minimum atomic E-state index is -0.0423. The molecule has 1 heterocycles. The Balaban J connectivity index is 1.23. The van der Waals surface area contributed by atoms with E-state index < -0.39 is 0 Å². The van der Waals surface area contributed by atoms with E-state index in [1.165, 1.54) is 24.8 Å². The van der Waals surface area contributed by atoms with E-state index in [-0.39, 0.29) is 17.7 Å². The number of benzene rings is 2. The summed E-state index contributed by atoms with van der Waals surface area (Å²) in [5, 5.41) is 6.96. The first-order chi connectivity index (χ1) is 16.0. The van der Waals surface area contributed by atoms with Crippen LogP contribution in [0.4, 0.5) is 5.69 Å². The van der Waals surface area contributed by atoms with Crippen LogP contribution in [-0.2, 0) is 22.6 Å². The summed E-state index contributed by atoms with van der Waals surface area (Å²) in [7, 11) is 0. The lowest BCUT2D eigenvalue weighted by Gasteiger charge is -2.32. The van der Waals surface area contributed by atoms with Gasteiger partial charge in [-0.2, -0.15) is 0 Å². The third-order valence-electron chi connectivity index (χ3n) is 6.80. The Labute approximate surface area is 201 Å². The maximum Gasteiger partial charge on any atom is 0.228 e. The van der Waals surface area contributed by atoms with E-state index in [1.807, 2.05) is 30.3 Å². The molecule has 1 saturated heterocycles. The Morgan fingerprint density at radius 2 is 1.64 bits per heavy atom. The summed E-state index contributed by atoms with van der Waals surface area (Å²) in [6, 6.07) is 15.8. The number of halogens is 1. The smallest absolute Gasteiger partial charge is 0.228 e. The summed E-state index contributed by atoms with van der Waals surface area (Å²) in [4.78, 5) is 27.5. The normalized spacial score (nSPS) is 18.1. The molecular weight excluding hydrogens is 434 g/mol. The predicted molar refractivity (Wildman–Crippen MR) is 133 cm³/mol. The van der Waals surface area contributed by atoms with Crippen molar-refractivity contribution in [3.63, 3.8) is 0 Å². The van der Waals surface area contributed by atoms with Gasteiger partial charge >= 0.3 is 0 Å². The Morgan fingerprint density at radius 3 is 2.36 bits per heavy atom. The molecule has 2 aromatic carbocycles. The van der Waals surface area contributed by atoms with Crippen molar-refractivity contribution in [2.45, 2.75) is 64.0 Å². The molecule has 1 saturated carbocycles. The zero-order valence-corrected chi connectivity index (χ0v) is 19.9. The minimum absolute atomic E-state index is 0.0423. The van der Waals surface area contributed by atoms with E-state index in [0.717, 1.165) is 56.6 Å². The number of nitrogens with zero attached hydrogens (tertiary/aromatic N) is 1. The Hall–Kier alpha value is -2.37. The predicted octanol–water partition coefficient (Wildman–Crippen LogP) is 5.18. The molecule has 2 N–H and O–H groups in total. The Kier molecular flexibility index (Phi) is 8.40. The topological polar surface area (TPSA) is 61.4 Å². The van der Waals surface area contributed by atoms with Crippen LogP contribution in [0.3, 0.4) is 0 Å². The van der Waals surface area contributed by atoms with Crippen LogP contribution >= 0.6 is 11.6 Å². The fourth-order valence-electron chi connectivity index (χ4n) is 4.92. The van der Waals surface area contributed by atoms with E-state index in [1.54, 1.807) is 12.1 Å². The van der Waals surface area contributed by atoms with Crippen LogP contribution in [0.15, 0.2) is 48.5 Å². The average molecular weight is 468 g/mol. The molecule has 0 atom stereocenters. The molecule has 0 unspecified atom stereocenters. The number of carbonyl (C=O) groups excluding carboxylic acids is 2. The van der Waals surface area contributed by atoms with Crippen molar-refractivity contribution >= 4 is 29.1 Å². The first-order valence-electron chi connectivity index (χ1n) is 12.2. The molecule has 2 fully saturated rings. The average Bonchev–Trinajstić information content (AvgIpc) is 2.82. The van der Waals surface area contributed by atoms with Crippen LogP contribution in [-0.4, -0.2) is 35.8 Å². The number of nitrogens with one attached hydrogen (secondary N) is 2. The van der Waals surface area contributed by atoms with Gasteiger partial charge < -0.3 is 10.6 Å². The summed E-state index contributed by atoms with van der Waals surface area (Å²) < 4.78 is 0. The summed E-state index contributed by atoms with van der Waals surface area (Å²) in [5.41, 5.74) is 2.92. The van der Waals surface area contributed by atoms with Crippen molar-refractivity contribution in [2.24, 2.45) is 5.92 Å². The molecule has 6 heteroatoms. The summed E-state index contributed by atoms with van der Waals surface area (Å²) in [5.74, 6) is 0.355. The maximum atomic E-state index is 12.6. The molecule has 33 heavy (non-hydrogen) atoms. The quantitative estimate of drug-likeness (QED) is 0.589. The second kappa shape index (κ2) is 11.7. The number of hydrogen-bond donors (Lipinski definition) is 2. The molecule has 5 nitrogen and oxygen atoms in total. The molecule has 0 bridgehead atoms. The van der Waals surface area contributed by atoms with Crippen LogP contribution in [0.5, 0.6) is 0 Å². The summed E-state index contributed by atoms with van der Waals surface area (Å²) in [6.07, 6.45) is 8.20. The molecule has 0 aromatic heterocycles. The summed E-state index contributed by atoms with van der Waals surface area (Å²) >= 11 is 5.91. The van der Waals surface area contributed by atoms with E-state index in [4.69, 9.17) is 11.6 Å². The molecule has 1 aliphatic carbocycles. The zero-order valence-electron chi connectivity index (χ0n) is 19.2. The van der Waals surface area contributed by atoms with Gasteiger partial charge in [-0.1, -0.05) is 55.1 Å². The van der Waals surface area contributed by atoms with Gasteiger partial charge in [0.05, 0.1) is 6.42 Å². The van der Waals surface area contributed by atoms with Crippen molar-refractivity contribution in [1.29, 1.82) is 0 Å². The largest absolute Gasteiger partial charge is 0.353 e. The Bertz CT molecular complexity index is 933. The molecule has 176 valence electrons. The van der Waals surface area contributed by atoms with Crippen molar-refractivity contribution in [3.05, 3.63) is 64.7 Å². The fraction of sp³-hybridized carbons (Fsp3) is 0.481. The SMILES string of the molecule is O=C(Cc1ccc(Cl)cc1)Nc1cccc(CN2CCC(C(=O)NC3CCCCC3)CC2)c1. The van der Waals surface area contributed by atoms with Crippen molar-refractivity contribution < 1.29 is 9.59 Å². The lowest BCUT2D eigenvalue weighted by Crippen LogP contribution is -2.44. The number of rotatable bonds is 7. The number of likely N-dealkylation sites (tertiary alicyclic amines) is 1. The number of amides is 2. The molecule has 1 aliphatic heterocycles. The Morgan fingerprint density at radius 1 is 0.909 bits per heavy atom. The molecule has 0 radical (unpaired) electrons. The zero-order chi connectivity index (χ0) is 23.0. The molecule has 2 amide bonds. The van der Waals surface area contributed by atoms with Crippen LogP contribution in [0, 0.1) is 5.92 Å². The van der Waals surface area contributed by atoms with E-state index in [9.17, 15) is 9.59 Å². The van der Waals surface area contributed by atoms with Gasteiger partial charge in [-0.15, -0.1) is 0 Å². The molecule has 4 rings (SSSR count). The second-order valence-electron chi connectivity index (χ2n) is 9.45. The van der Waals surface area contributed by atoms with Crippen LogP contribution in [0.25, 0.3) is 0 Å². The van der Waals surface area contributed by atoms with Gasteiger partial charge in [0.1, 0.15) is 0 Å². The highest BCUT2D eigenvalue weighted by Crippen LogP contribution is 2.23. The number of anilines is 1. The van der Waals surface area contributed by atoms with Crippen LogP contribution in [0.2, 0.25) is 5.02 Å². The number of piperidine rings is 1. The van der Waals surface area contributed by atoms with Gasteiger partial charge in [-0.05, 0) is 74.2 Å². The van der Waals surface area contributed by atoms with Gasteiger partial charge in [0.15, 0.2) is 0 Å². The van der Waals surface area contributed by atoms with Gasteiger partial charge in [-0.25, -0.2) is 0 Å².